The monoisotopic (exact) mass is 249 g/mol. The number of carboxylic acid groups (broad SMARTS) is 1. The van der Waals surface area contributed by atoms with Crippen molar-refractivity contribution >= 4 is 5.97 Å². The zero-order valence-electron chi connectivity index (χ0n) is 9.61. The average Bonchev–Trinajstić information content (AvgIpc) is 2.83. The van der Waals surface area contributed by atoms with Crippen molar-refractivity contribution in [3.05, 3.63) is 29.1 Å². The van der Waals surface area contributed by atoms with Gasteiger partial charge in [-0.1, -0.05) is 12.8 Å². The van der Waals surface area contributed by atoms with E-state index in [0.717, 1.165) is 18.9 Å². The van der Waals surface area contributed by atoms with Crippen molar-refractivity contribution in [3.63, 3.8) is 0 Å². The minimum Gasteiger partial charge on any atom is -0.504 e. The molecule has 0 spiro atoms. The first-order valence-corrected chi connectivity index (χ1v) is 5.68. The van der Waals surface area contributed by atoms with Crippen LogP contribution in [0.5, 0.6) is 5.75 Å². The van der Waals surface area contributed by atoms with Gasteiger partial charge in [-0.3, -0.25) is 4.79 Å². The van der Waals surface area contributed by atoms with Crippen molar-refractivity contribution in [1.29, 1.82) is 5.26 Å². The summed E-state index contributed by atoms with van der Waals surface area (Å²) in [6.07, 6.45) is 2.38. The number of hydrogen-bond donors (Lipinski definition) is 2. The van der Waals surface area contributed by atoms with Crippen LogP contribution < -0.4 is 0 Å². The number of phenolic OH excluding ortho intramolecular Hbond substituents is 1. The number of hydrogen-bond acceptors (Lipinski definition) is 3. The highest BCUT2D eigenvalue weighted by Crippen LogP contribution is 2.42. The molecule has 1 aliphatic rings. The van der Waals surface area contributed by atoms with Crippen LogP contribution in [0, 0.1) is 17.1 Å². The minimum atomic E-state index is -1.12. The van der Waals surface area contributed by atoms with Gasteiger partial charge in [0.15, 0.2) is 11.6 Å². The zero-order valence-corrected chi connectivity index (χ0v) is 9.61. The van der Waals surface area contributed by atoms with Crippen molar-refractivity contribution in [1.82, 2.24) is 0 Å². The van der Waals surface area contributed by atoms with E-state index in [1.807, 2.05) is 0 Å². The van der Waals surface area contributed by atoms with E-state index in [4.69, 9.17) is 5.26 Å². The number of benzene rings is 1. The molecule has 1 saturated carbocycles. The largest absolute Gasteiger partial charge is 0.504 e. The van der Waals surface area contributed by atoms with Crippen LogP contribution in [0.1, 0.15) is 36.8 Å². The molecule has 2 rings (SSSR count). The van der Waals surface area contributed by atoms with Gasteiger partial charge in [0.2, 0.25) is 0 Å². The number of nitrogens with zero attached hydrogens (tertiary/aromatic N) is 1. The first kappa shape index (κ1) is 12.4. The third-order valence-corrected chi connectivity index (χ3v) is 3.60. The molecule has 0 bridgehead atoms. The van der Waals surface area contributed by atoms with Gasteiger partial charge in [-0.05, 0) is 30.5 Å². The quantitative estimate of drug-likeness (QED) is 0.842. The second kappa shape index (κ2) is 4.30. The third kappa shape index (κ3) is 1.70. The number of rotatable bonds is 2. The Morgan fingerprint density at radius 3 is 2.50 bits per heavy atom. The molecular formula is C13H12FNO3. The standard InChI is InChI=1S/C13H12FNO3/c14-10-6-9(5-8(7-15)11(10)16)13(12(17)18)3-1-2-4-13/h5-6,16H,1-4H2,(H,17,18). The molecule has 5 heteroatoms. The number of aromatic hydroxyl groups is 1. The van der Waals surface area contributed by atoms with Crippen LogP contribution in [0.4, 0.5) is 4.39 Å². The van der Waals surface area contributed by atoms with Gasteiger partial charge >= 0.3 is 5.97 Å². The van der Waals surface area contributed by atoms with Gasteiger partial charge in [-0.2, -0.15) is 5.26 Å². The van der Waals surface area contributed by atoms with E-state index in [2.05, 4.69) is 0 Å². The Kier molecular flexibility index (Phi) is 2.95. The predicted octanol–water partition coefficient (Wildman–Crippen LogP) is 2.30. The summed E-state index contributed by atoms with van der Waals surface area (Å²) in [5.74, 6) is -2.68. The van der Waals surface area contributed by atoms with E-state index in [1.54, 1.807) is 6.07 Å². The Morgan fingerprint density at radius 2 is 2.00 bits per heavy atom. The Hall–Kier alpha value is -2.09. The summed E-state index contributed by atoms with van der Waals surface area (Å²) in [7, 11) is 0. The SMILES string of the molecule is N#Cc1cc(C2(C(=O)O)CCCC2)cc(F)c1O. The summed E-state index contributed by atoms with van der Waals surface area (Å²) in [5, 5.41) is 27.5. The molecule has 1 fully saturated rings. The molecule has 1 aromatic carbocycles. The third-order valence-electron chi connectivity index (χ3n) is 3.60. The lowest BCUT2D eigenvalue weighted by Crippen LogP contribution is -2.32. The maximum absolute atomic E-state index is 13.5. The van der Waals surface area contributed by atoms with E-state index >= 15 is 0 Å². The molecular weight excluding hydrogens is 237 g/mol. The molecule has 0 unspecified atom stereocenters. The van der Waals surface area contributed by atoms with Gasteiger partial charge in [0.05, 0.1) is 11.0 Å². The zero-order chi connectivity index (χ0) is 13.3. The molecule has 1 aromatic rings. The lowest BCUT2D eigenvalue weighted by molar-refractivity contribution is -0.143. The highest BCUT2D eigenvalue weighted by Gasteiger charge is 2.43. The van der Waals surface area contributed by atoms with E-state index in [1.165, 1.54) is 6.07 Å². The van der Waals surface area contributed by atoms with Crippen molar-refractivity contribution in [2.24, 2.45) is 0 Å². The van der Waals surface area contributed by atoms with Crippen LogP contribution in [0.2, 0.25) is 0 Å². The van der Waals surface area contributed by atoms with E-state index in [-0.39, 0.29) is 11.1 Å². The summed E-state index contributed by atoms with van der Waals surface area (Å²) in [4.78, 5) is 11.5. The van der Waals surface area contributed by atoms with Crippen LogP contribution in [-0.4, -0.2) is 16.2 Å². The molecule has 4 nitrogen and oxygen atoms in total. The van der Waals surface area contributed by atoms with Crippen LogP contribution in [-0.2, 0) is 10.2 Å². The van der Waals surface area contributed by atoms with E-state index < -0.39 is 23.0 Å². The van der Waals surface area contributed by atoms with Gasteiger partial charge in [-0.15, -0.1) is 0 Å². The fourth-order valence-corrected chi connectivity index (χ4v) is 2.57. The molecule has 0 saturated heterocycles. The van der Waals surface area contributed by atoms with Gasteiger partial charge in [0.25, 0.3) is 0 Å². The van der Waals surface area contributed by atoms with Crippen molar-refractivity contribution in [2.45, 2.75) is 31.1 Å². The Morgan fingerprint density at radius 1 is 1.39 bits per heavy atom. The molecule has 18 heavy (non-hydrogen) atoms. The molecule has 0 radical (unpaired) electrons. The second-order valence-corrected chi connectivity index (χ2v) is 4.56. The van der Waals surface area contributed by atoms with Gasteiger partial charge < -0.3 is 10.2 Å². The normalized spacial score (nSPS) is 17.3. The number of phenols is 1. The van der Waals surface area contributed by atoms with Crippen LogP contribution in [0.3, 0.4) is 0 Å². The van der Waals surface area contributed by atoms with E-state index in [9.17, 15) is 19.4 Å². The minimum absolute atomic E-state index is 0.225. The maximum Gasteiger partial charge on any atom is 0.314 e. The van der Waals surface area contributed by atoms with Crippen LogP contribution in [0.15, 0.2) is 12.1 Å². The summed E-state index contributed by atoms with van der Waals surface area (Å²) in [6, 6.07) is 3.97. The highest BCUT2D eigenvalue weighted by molar-refractivity contribution is 5.82. The van der Waals surface area contributed by atoms with Crippen LogP contribution in [0.25, 0.3) is 0 Å². The fraction of sp³-hybridized carbons (Fsp3) is 0.385. The molecule has 0 amide bonds. The predicted molar refractivity (Wildman–Crippen MR) is 60.6 cm³/mol. The molecule has 2 N–H and O–H groups in total. The maximum atomic E-state index is 13.5. The number of carboxylic acids is 1. The van der Waals surface area contributed by atoms with Crippen LogP contribution >= 0.6 is 0 Å². The van der Waals surface area contributed by atoms with Gasteiger partial charge in [0.1, 0.15) is 6.07 Å². The molecule has 1 aliphatic carbocycles. The summed E-state index contributed by atoms with van der Waals surface area (Å²) in [5.41, 5.74) is -1.09. The van der Waals surface area contributed by atoms with Crippen molar-refractivity contribution in [2.75, 3.05) is 0 Å². The van der Waals surface area contributed by atoms with E-state index in [0.29, 0.717) is 12.8 Å². The first-order chi connectivity index (χ1) is 8.51. The second-order valence-electron chi connectivity index (χ2n) is 4.56. The lowest BCUT2D eigenvalue weighted by atomic mass is 9.78. The van der Waals surface area contributed by atoms with Crippen molar-refractivity contribution in [3.8, 4) is 11.8 Å². The average molecular weight is 249 g/mol. The topological polar surface area (TPSA) is 81.3 Å². The Bertz CT molecular complexity index is 542. The van der Waals surface area contributed by atoms with Crippen molar-refractivity contribution < 1.29 is 19.4 Å². The Balaban J connectivity index is 2.60. The number of nitriles is 1. The first-order valence-electron chi connectivity index (χ1n) is 5.68. The number of aliphatic carboxylic acids is 1. The highest BCUT2D eigenvalue weighted by atomic mass is 19.1. The van der Waals surface area contributed by atoms with Gasteiger partial charge in [-0.25, -0.2) is 4.39 Å². The smallest absolute Gasteiger partial charge is 0.314 e. The molecule has 0 atom stereocenters. The molecule has 0 aliphatic heterocycles. The van der Waals surface area contributed by atoms with Gasteiger partial charge in [0, 0.05) is 0 Å². The number of halogens is 1. The fourth-order valence-electron chi connectivity index (χ4n) is 2.57. The molecule has 0 aromatic heterocycles. The summed E-state index contributed by atoms with van der Waals surface area (Å²) >= 11 is 0. The Labute approximate surface area is 103 Å². The lowest BCUT2D eigenvalue weighted by Gasteiger charge is -2.24. The number of carbonyl (C=O) groups is 1. The molecule has 0 heterocycles. The molecule has 94 valence electrons. The summed E-state index contributed by atoms with van der Waals surface area (Å²) < 4.78 is 13.5. The summed E-state index contributed by atoms with van der Waals surface area (Å²) in [6.45, 7) is 0.